The highest BCUT2D eigenvalue weighted by Gasteiger charge is 2.14. The van der Waals surface area contributed by atoms with E-state index in [-0.39, 0.29) is 0 Å². The fourth-order valence-electron chi connectivity index (χ4n) is 5.26. The van der Waals surface area contributed by atoms with Crippen molar-refractivity contribution in [3.05, 3.63) is 116 Å². The first kappa shape index (κ1) is 17.5. The third-order valence-corrected chi connectivity index (χ3v) is 6.70. The van der Waals surface area contributed by atoms with Gasteiger partial charge in [0.2, 0.25) is 0 Å². The number of nitrogens with zero attached hydrogens (tertiary/aromatic N) is 1. The molecule has 0 N–H and O–H groups in total. The minimum absolute atomic E-state index is 1.16. The van der Waals surface area contributed by atoms with Gasteiger partial charge in [0, 0.05) is 17.8 Å². The van der Waals surface area contributed by atoms with Crippen molar-refractivity contribution in [2.75, 3.05) is 0 Å². The standard InChI is InChI=1S/C31H19N/c1-2-9-25-23(7-1)24-8-3-5-11-27(24)31-28-12-6-4-10-26(28)29(18-30(25)31)21-13-14-22-19-32-16-15-20(22)17-21/h1-19H. The van der Waals surface area contributed by atoms with Gasteiger partial charge in [-0.15, -0.1) is 0 Å². The second kappa shape index (κ2) is 6.63. The van der Waals surface area contributed by atoms with E-state index < -0.39 is 0 Å². The van der Waals surface area contributed by atoms with Crippen LogP contribution in [0.1, 0.15) is 0 Å². The van der Waals surface area contributed by atoms with Crippen LogP contribution in [-0.4, -0.2) is 4.98 Å². The van der Waals surface area contributed by atoms with Crippen LogP contribution >= 0.6 is 0 Å². The maximum atomic E-state index is 4.27. The molecule has 0 amide bonds. The zero-order chi connectivity index (χ0) is 21.1. The zero-order valence-corrected chi connectivity index (χ0v) is 17.4. The molecule has 0 atom stereocenters. The molecule has 0 bridgehead atoms. The Bertz CT molecular complexity index is 1830. The summed E-state index contributed by atoms with van der Waals surface area (Å²) in [6, 6.07) is 37.6. The normalized spacial score (nSPS) is 11.8. The van der Waals surface area contributed by atoms with Crippen molar-refractivity contribution in [1.29, 1.82) is 0 Å². The topological polar surface area (TPSA) is 12.9 Å². The molecule has 0 aliphatic heterocycles. The third kappa shape index (κ3) is 2.42. The molecule has 6 aromatic carbocycles. The van der Waals surface area contributed by atoms with Gasteiger partial charge in [-0.25, -0.2) is 0 Å². The molecule has 0 fully saturated rings. The van der Waals surface area contributed by atoms with E-state index in [1.54, 1.807) is 0 Å². The highest BCUT2D eigenvalue weighted by molar-refractivity contribution is 6.33. The Morgan fingerprint density at radius 1 is 0.438 bits per heavy atom. The predicted molar refractivity (Wildman–Crippen MR) is 137 cm³/mol. The van der Waals surface area contributed by atoms with Gasteiger partial charge in [0.15, 0.2) is 0 Å². The SMILES string of the molecule is c1ccc2c(c1)c(-c1ccc3cnccc3c1)cc1c3ccccc3c3ccccc3c21. The van der Waals surface area contributed by atoms with Gasteiger partial charge in [-0.2, -0.15) is 0 Å². The molecule has 1 heteroatoms. The lowest BCUT2D eigenvalue weighted by atomic mass is 9.87. The molecule has 148 valence electrons. The molecule has 0 saturated carbocycles. The van der Waals surface area contributed by atoms with Gasteiger partial charge in [-0.05, 0) is 77.8 Å². The second-order valence-electron chi connectivity index (χ2n) is 8.42. The van der Waals surface area contributed by atoms with Crippen LogP contribution in [-0.2, 0) is 0 Å². The first-order valence-electron chi connectivity index (χ1n) is 11.0. The fraction of sp³-hybridized carbons (Fsp3) is 0. The third-order valence-electron chi connectivity index (χ3n) is 6.70. The summed E-state index contributed by atoms with van der Waals surface area (Å²) < 4.78 is 0. The molecule has 0 saturated heterocycles. The maximum Gasteiger partial charge on any atom is 0.0346 e. The van der Waals surface area contributed by atoms with Crippen molar-refractivity contribution in [2.24, 2.45) is 0 Å². The van der Waals surface area contributed by atoms with Crippen molar-refractivity contribution in [2.45, 2.75) is 0 Å². The average molecular weight is 406 g/mol. The summed E-state index contributed by atoms with van der Waals surface area (Å²) in [6.45, 7) is 0. The molecular weight excluding hydrogens is 386 g/mol. The summed E-state index contributed by atoms with van der Waals surface area (Å²) in [5.41, 5.74) is 2.51. The molecule has 1 heterocycles. The summed E-state index contributed by atoms with van der Waals surface area (Å²) in [7, 11) is 0. The molecule has 0 aliphatic carbocycles. The minimum Gasteiger partial charge on any atom is -0.264 e. The van der Waals surface area contributed by atoms with Crippen LogP contribution < -0.4 is 0 Å². The number of aromatic nitrogens is 1. The number of hydrogen-bond acceptors (Lipinski definition) is 1. The van der Waals surface area contributed by atoms with Crippen LogP contribution in [0.3, 0.4) is 0 Å². The van der Waals surface area contributed by atoms with Crippen molar-refractivity contribution in [3.8, 4) is 11.1 Å². The predicted octanol–water partition coefficient (Wildman–Crippen LogP) is 8.51. The molecule has 7 aromatic rings. The van der Waals surface area contributed by atoms with Gasteiger partial charge in [-0.3, -0.25) is 4.98 Å². The van der Waals surface area contributed by atoms with Crippen LogP contribution in [0.4, 0.5) is 0 Å². The van der Waals surface area contributed by atoms with Gasteiger partial charge in [0.05, 0.1) is 0 Å². The largest absolute Gasteiger partial charge is 0.264 e. The first-order valence-corrected chi connectivity index (χ1v) is 11.0. The van der Waals surface area contributed by atoms with Crippen molar-refractivity contribution >= 4 is 53.9 Å². The maximum absolute atomic E-state index is 4.27. The highest BCUT2D eigenvalue weighted by atomic mass is 14.6. The quantitative estimate of drug-likeness (QED) is 0.249. The lowest BCUT2D eigenvalue weighted by Crippen LogP contribution is -1.89. The highest BCUT2D eigenvalue weighted by Crippen LogP contribution is 2.42. The molecule has 7 rings (SSSR count). The van der Waals surface area contributed by atoms with Gasteiger partial charge >= 0.3 is 0 Å². The van der Waals surface area contributed by atoms with E-state index in [0.29, 0.717) is 0 Å². The Hall–Kier alpha value is -4.23. The Morgan fingerprint density at radius 3 is 1.78 bits per heavy atom. The van der Waals surface area contributed by atoms with E-state index in [1.807, 2.05) is 12.4 Å². The van der Waals surface area contributed by atoms with E-state index in [4.69, 9.17) is 0 Å². The van der Waals surface area contributed by atoms with E-state index in [1.165, 1.54) is 59.6 Å². The molecule has 32 heavy (non-hydrogen) atoms. The zero-order valence-electron chi connectivity index (χ0n) is 17.4. The van der Waals surface area contributed by atoms with Crippen molar-refractivity contribution in [1.82, 2.24) is 4.98 Å². The lowest BCUT2D eigenvalue weighted by Gasteiger charge is -2.16. The van der Waals surface area contributed by atoms with E-state index in [2.05, 4.69) is 108 Å². The molecule has 0 radical (unpaired) electrons. The number of benzene rings is 6. The summed E-state index contributed by atoms with van der Waals surface area (Å²) in [4.78, 5) is 4.27. The monoisotopic (exact) mass is 405 g/mol. The van der Waals surface area contributed by atoms with E-state index >= 15 is 0 Å². The molecule has 1 nitrogen and oxygen atoms in total. The Balaban J connectivity index is 1.72. The first-order chi connectivity index (χ1) is 15.9. The van der Waals surface area contributed by atoms with Crippen LogP contribution in [0.15, 0.2) is 116 Å². The summed E-state index contributed by atoms with van der Waals surface area (Å²) >= 11 is 0. The smallest absolute Gasteiger partial charge is 0.0346 e. The summed E-state index contributed by atoms with van der Waals surface area (Å²) in [5.74, 6) is 0. The van der Waals surface area contributed by atoms with Gasteiger partial charge in [-0.1, -0.05) is 84.9 Å². The van der Waals surface area contributed by atoms with Crippen molar-refractivity contribution in [3.63, 3.8) is 0 Å². The fourth-order valence-corrected chi connectivity index (χ4v) is 5.26. The Morgan fingerprint density at radius 2 is 1.03 bits per heavy atom. The molecule has 0 unspecified atom stereocenters. The Labute approximate surface area is 185 Å². The minimum atomic E-state index is 1.16. The average Bonchev–Trinajstić information content (AvgIpc) is 2.88. The van der Waals surface area contributed by atoms with Crippen molar-refractivity contribution < 1.29 is 0 Å². The number of pyridine rings is 1. The number of rotatable bonds is 1. The Kier molecular flexibility index (Phi) is 3.62. The van der Waals surface area contributed by atoms with Crippen LogP contribution in [0.5, 0.6) is 0 Å². The molecule has 0 spiro atoms. The van der Waals surface area contributed by atoms with E-state index in [9.17, 15) is 0 Å². The molecular formula is C31H19N. The van der Waals surface area contributed by atoms with Gasteiger partial charge in [0.25, 0.3) is 0 Å². The number of fused-ring (bicyclic) bond motifs is 9. The summed E-state index contributed by atoms with van der Waals surface area (Å²) in [6.07, 6.45) is 3.79. The van der Waals surface area contributed by atoms with Crippen LogP contribution in [0, 0.1) is 0 Å². The van der Waals surface area contributed by atoms with Crippen LogP contribution in [0.2, 0.25) is 0 Å². The van der Waals surface area contributed by atoms with Gasteiger partial charge in [0.1, 0.15) is 0 Å². The molecule has 0 aliphatic rings. The van der Waals surface area contributed by atoms with Gasteiger partial charge < -0.3 is 0 Å². The summed E-state index contributed by atoms with van der Waals surface area (Å²) in [5, 5.41) is 12.8. The van der Waals surface area contributed by atoms with Crippen LogP contribution in [0.25, 0.3) is 65.0 Å². The number of hydrogen-bond donors (Lipinski definition) is 0. The molecule has 1 aromatic heterocycles. The lowest BCUT2D eigenvalue weighted by molar-refractivity contribution is 1.36. The second-order valence-corrected chi connectivity index (χ2v) is 8.42. The van der Waals surface area contributed by atoms with E-state index in [0.717, 1.165) is 5.39 Å².